The maximum absolute atomic E-state index is 13.1. The third-order valence-corrected chi connectivity index (χ3v) is 3.09. The number of hydrogen-bond donors (Lipinski definition) is 1. The van der Waals surface area contributed by atoms with E-state index in [-0.39, 0.29) is 5.75 Å². The molecule has 1 amide bonds. The molecule has 2 aromatic rings. The van der Waals surface area contributed by atoms with Gasteiger partial charge in [-0.1, -0.05) is 29.8 Å². The number of nitro groups is 1. The Labute approximate surface area is 132 Å². The van der Waals surface area contributed by atoms with E-state index in [0.717, 1.165) is 29.3 Å². The number of rotatable bonds is 6. The molecule has 0 saturated heterocycles. The second kappa shape index (κ2) is 7.35. The first-order valence-corrected chi connectivity index (χ1v) is 6.84. The Morgan fingerprint density at radius 2 is 1.96 bits per heavy atom. The highest BCUT2D eigenvalue weighted by Crippen LogP contribution is 2.27. The van der Waals surface area contributed by atoms with Gasteiger partial charge in [-0.25, -0.2) is 4.39 Å². The Bertz CT molecular complexity index is 717. The van der Waals surface area contributed by atoms with Crippen molar-refractivity contribution in [3.05, 3.63) is 69.5 Å². The third kappa shape index (κ3) is 4.77. The fraction of sp³-hybridized carbons (Fsp3) is 0.188. The summed E-state index contributed by atoms with van der Waals surface area (Å²) in [6.45, 7) is 1.84. The molecule has 2 rings (SSSR count). The van der Waals surface area contributed by atoms with E-state index >= 15 is 0 Å². The van der Waals surface area contributed by atoms with E-state index in [9.17, 15) is 19.3 Å². The van der Waals surface area contributed by atoms with E-state index in [0.29, 0.717) is 6.54 Å². The highest BCUT2D eigenvalue weighted by Gasteiger charge is 2.16. The molecule has 0 spiro atoms. The van der Waals surface area contributed by atoms with Crippen molar-refractivity contribution in [2.24, 2.45) is 0 Å². The molecule has 120 valence electrons. The lowest BCUT2D eigenvalue weighted by Crippen LogP contribution is -2.28. The lowest BCUT2D eigenvalue weighted by molar-refractivity contribution is -0.385. The zero-order valence-electron chi connectivity index (χ0n) is 12.4. The van der Waals surface area contributed by atoms with Gasteiger partial charge in [-0.2, -0.15) is 0 Å². The van der Waals surface area contributed by atoms with Crippen LogP contribution in [0.1, 0.15) is 11.1 Å². The van der Waals surface area contributed by atoms with Crippen molar-refractivity contribution in [1.82, 2.24) is 5.32 Å². The Morgan fingerprint density at radius 3 is 2.61 bits per heavy atom. The molecule has 0 saturated carbocycles. The molecule has 0 unspecified atom stereocenters. The van der Waals surface area contributed by atoms with E-state index in [2.05, 4.69) is 5.32 Å². The maximum atomic E-state index is 13.1. The molecule has 7 heteroatoms. The predicted molar refractivity (Wildman–Crippen MR) is 81.6 cm³/mol. The van der Waals surface area contributed by atoms with Crippen LogP contribution in [0, 0.1) is 22.9 Å². The summed E-state index contributed by atoms with van der Waals surface area (Å²) in [5.41, 5.74) is 1.64. The number of benzene rings is 2. The topological polar surface area (TPSA) is 81.5 Å². The van der Waals surface area contributed by atoms with Crippen molar-refractivity contribution >= 4 is 11.6 Å². The number of carbonyl (C=O) groups excluding carboxylic acids is 1. The Hall–Kier alpha value is -2.96. The van der Waals surface area contributed by atoms with Gasteiger partial charge in [-0.15, -0.1) is 0 Å². The van der Waals surface area contributed by atoms with Gasteiger partial charge in [0.15, 0.2) is 6.61 Å². The Kier molecular flexibility index (Phi) is 5.24. The summed E-state index contributed by atoms with van der Waals surface area (Å²) in [7, 11) is 0. The van der Waals surface area contributed by atoms with Crippen molar-refractivity contribution in [3.8, 4) is 5.75 Å². The van der Waals surface area contributed by atoms with Crippen LogP contribution in [0.4, 0.5) is 10.1 Å². The van der Waals surface area contributed by atoms with Crippen LogP contribution >= 0.6 is 0 Å². The molecule has 0 fully saturated rings. The highest BCUT2D eigenvalue weighted by molar-refractivity contribution is 5.77. The molecule has 0 aromatic heterocycles. The van der Waals surface area contributed by atoms with Crippen LogP contribution in [0.5, 0.6) is 5.75 Å². The van der Waals surface area contributed by atoms with E-state index in [1.54, 1.807) is 0 Å². The number of carbonyl (C=O) groups is 1. The fourth-order valence-corrected chi connectivity index (χ4v) is 1.86. The summed E-state index contributed by atoms with van der Waals surface area (Å²) in [6.07, 6.45) is 0. The summed E-state index contributed by atoms with van der Waals surface area (Å²) in [4.78, 5) is 21.8. The van der Waals surface area contributed by atoms with Gasteiger partial charge < -0.3 is 10.1 Å². The Morgan fingerprint density at radius 1 is 1.26 bits per heavy atom. The lowest BCUT2D eigenvalue weighted by Gasteiger charge is -2.08. The number of amides is 1. The van der Waals surface area contributed by atoms with Crippen LogP contribution < -0.4 is 10.1 Å². The zero-order chi connectivity index (χ0) is 16.8. The first kappa shape index (κ1) is 16.4. The Balaban J connectivity index is 1.90. The molecular weight excluding hydrogens is 303 g/mol. The fourth-order valence-electron chi connectivity index (χ4n) is 1.86. The van der Waals surface area contributed by atoms with Gasteiger partial charge in [0.2, 0.25) is 5.75 Å². The first-order chi connectivity index (χ1) is 11.0. The summed E-state index contributed by atoms with van der Waals surface area (Å²) in [5, 5.41) is 13.4. The molecule has 6 nitrogen and oxygen atoms in total. The van der Waals surface area contributed by atoms with Crippen LogP contribution in [0.15, 0.2) is 42.5 Å². The molecule has 2 aromatic carbocycles. The third-order valence-electron chi connectivity index (χ3n) is 3.09. The number of ether oxygens (including phenoxy) is 1. The van der Waals surface area contributed by atoms with Crippen LogP contribution in [-0.2, 0) is 11.3 Å². The van der Waals surface area contributed by atoms with Crippen LogP contribution in [0.25, 0.3) is 0 Å². The number of nitro benzene ring substituents is 1. The van der Waals surface area contributed by atoms with Gasteiger partial charge in [-0.3, -0.25) is 14.9 Å². The van der Waals surface area contributed by atoms with E-state index in [4.69, 9.17) is 4.74 Å². The van der Waals surface area contributed by atoms with Crippen molar-refractivity contribution in [3.63, 3.8) is 0 Å². The SMILES string of the molecule is Cc1ccc(CNC(=O)COc2cc(F)ccc2[N+](=O)[O-])cc1. The second-order valence-electron chi connectivity index (χ2n) is 4.92. The molecule has 0 aliphatic carbocycles. The first-order valence-electron chi connectivity index (χ1n) is 6.84. The molecule has 0 bridgehead atoms. The molecule has 1 N–H and O–H groups in total. The normalized spacial score (nSPS) is 10.2. The molecule has 0 aliphatic heterocycles. The monoisotopic (exact) mass is 318 g/mol. The maximum Gasteiger partial charge on any atom is 0.311 e. The quantitative estimate of drug-likeness (QED) is 0.656. The van der Waals surface area contributed by atoms with E-state index in [1.165, 1.54) is 0 Å². The molecule has 0 aliphatic rings. The van der Waals surface area contributed by atoms with Crippen molar-refractivity contribution in [1.29, 1.82) is 0 Å². The minimum absolute atomic E-state index is 0.277. The van der Waals surface area contributed by atoms with Crippen LogP contribution in [0.3, 0.4) is 0 Å². The summed E-state index contributed by atoms with van der Waals surface area (Å²) < 4.78 is 18.2. The van der Waals surface area contributed by atoms with Crippen molar-refractivity contribution < 1.29 is 18.8 Å². The number of hydrogen-bond acceptors (Lipinski definition) is 4. The molecule has 0 radical (unpaired) electrons. The summed E-state index contributed by atoms with van der Waals surface area (Å²) >= 11 is 0. The molecule has 0 heterocycles. The number of nitrogens with zero attached hydrogens (tertiary/aromatic N) is 1. The van der Waals surface area contributed by atoms with Crippen LogP contribution in [0.2, 0.25) is 0 Å². The van der Waals surface area contributed by atoms with Crippen molar-refractivity contribution in [2.45, 2.75) is 13.5 Å². The minimum atomic E-state index is -0.695. The minimum Gasteiger partial charge on any atom is -0.477 e. The number of nitrogens with one attached hydrogen (secondary N) is 1. The molecule has 0 atom stereocenters. The second-order valence-corrected chi connectivity index (χ2v) is 4.92. The van der Waals surface area contributed by atoms with E-state index in [1.807, 2.05) is 31.2 Å². The largest absolute Gasteiger partial charge is 0.477 e. The highest BCUT2D eigenvalue weighted by atomic mass is 19.1. The molecular formula is C16H15FN2O4. The van der Waals surface area contributed by atoms with Gasteiger partial charge >= 0.3 is 5.69 Å². The summed E-state index contributed by atoms with van der Waals surface area (Å²) in [6, 6.07) is 10.5. The number of aryl methyl sites for hydroxylation is 1. The zero-order valence-corrected chi connectivity index (χ0v) is 12.4. The average Bonchev–Trinajstić information content (AvgIpc) is 2.52. The van der Waals surface area contributed by atoms with Gasteiger partial charge in [-0.05, 0) is 18.6 Å². The van der Waals surface area contributed by atoms with Gasteiger partial charge in [0, 0.05) is 18.7 Å². The smallest absolute Gasteiger partial charge is 0.311 e. The van der Waals surface area contributed by atoms with Crippen LogP contribution in [-0.4, -0.2) is 17.4 Å². The van der Waals surface area contributed by atoms with Crippen molar-refractivity contribution in [2.75, 3.05) is 6.61 Å². The van der Waals surface area contributed by atoms with Gasteiger partial charge in [0.1, 0.15) is 5.82 Å². The standard InChI is InChI=1S/C16H15FN2O4/c1-11-2-4-12(5-3-11)9-18-16(20)10-23-15-8-13(17)6-7-14(15)19(21)22/h2-8H,9-10H2,1H3,(H,18,20). The van der Waals surface area contributed by atoms with Gasteiger partial charge in [0.05, 0.1) is 4.92 Å². The average molecular weight is 318 g/mol. The lowest BCUT2D eigenvalue weighted by atomic mass is 10.1. The van der Waals surface area contributed by atoms with Gasteiger partial charge in [0.25, 0.3) is 5.91 Å². The summed E-state index contributed by atoms with van der Waals surface area (Å²) in [5.74, 6) is -1.41. The number of halogens is 1. The molecule has 23 heavy (non-hydrogen) atoms. The predicted octanol–water partition coefficient (Wildman–Crippen LogP) is 2.74. The van der Waals surface area contributed by atoms with E-state index < -0.39 is 28.9 Å².